The summed E-state index contributed by atoms with van der Waals surface area (Å²) in [5.41, 5.74) is -0.155. The van der Waals surface area contributed by atoms with Crippen LogP contribution >= 0.6 is 0 Å². The van der Waals surface area contributed by atoms with Crippen LogP contribution in [0.5, 0.6) is 0 Å². The fourth-order valence-electron chi connectivity index (χ4n) is 3.61. The van der Waals surface area contributed by atoms with Crippen molar-refractivity contribution < 1.29 is 28.5 Å². The molecule has 0 heterocycles. The summed E-state index contributed by atoms with van der Waals surface area (Å²) in [6.07, 6.45) is 7.25. The van der Waals surface area contributed by atoms with Crippen LogP contribution in [0, 0.1) is 10.8 Å². The number of ether oxygens (including phenoxy) is 4. The van der Waals surface area contributed by atoms with Gasteiger partial charge < -0.3 is 18.9 Å². The molecule has 0 amide bonds. The summed E-state index contributed by atoms with van der Waals surface area (Å²) in [4.78, 5) is 24.4. The number of hydrogen-bond acceptors (Lipinski definition) is 6. The Labute approximate surface area is 183 Å². The first kappa shape index (κ1) is 26.6. The monoisotopic (exact) mass is 428 g/mol. The minimum atomic E-state index is -0.686. The molecule has 0 saturated heterocycles. The summed E-state index contributed by atoms with van der Waals surface area (Å²) in [5, 5.41) is 0. The predicted molar refractivity (Wildman–Crippen MR) is 118 cm³/mol. The molecule has 0 bridgehead atoms. The second-order valence-electron chi connectivity index (χ2n) is 10.2. The molecule has 0 spiro atoms. The standard InChI is InChI=1S/C24H44O6/c1-7-9-15-23(3,4)17-27-21(25)29-19-13-11-12-14-20(19)30-22(26)28-18-24(5,6)16-10-8-2/h19-20H,7-18H2,1-6H3. The molecule has 30 heavy (non-hydrogen) atoms. The lowest BCUT2D eigenvalue weighted by Crippen LogP contribution is -2.39. The molecule has 1 aliphatic rings. The van der Waals surface area contributed by atoms with Gasteiger partial charge in [-0.25, -0.2) is 9.59 Å². The Hall–Kier alpha value is -1.46. The van der Waals surface area contributed by atoms with Gasteiger partial charge in [0.1, 0.15) is 25.4 Å². The van der Waals surface area contributed by atoms with E-state index >= 15 is 0 Å². The second kappa shape index (κ2) is 13.1. The van der Waals surface area contributed by atoms with E-state index in [1.807, 2.05) is 0 Å². The summed E-state index contributed by atoms with van der Waals surface area (Å²) >= 11 is 0. The van der Waals surface area contributed by atoms with Crippen molar-refractivity contribution in [3.05, 3.63) is 0 Å². The third-order valence-electron chi connectivity index (χ3n) is 5.71. The Morgan fingerprint density at radius 3 is 1.43 bits per heavy atom. The van der Waals surface area contributed by atoms with E-state index in [0.29, 0.717) is 26.1 Å². The van der Waals surface area contributed by atoms with Crippen LogP contribution in [0.4, 0.5) is 9.59 Å². The van der Waals surface area contributed by atoms with Crippen LogP contribution in [0.25, 0.3) is 0 Å². The minimum absolute atomic E-state index is 0.0775. The first-order valence-electron chi connectivity index (χ1n) is 11.8. The molecule has 6 nitrogen and oxygen atoms in total. The molecule has 0 aromatic carbocycles. The van der Waals surface area contributed by atoms with Crippen LogP contribution in [0.1, 0.15) is 106 Å². The average molecular weight is 429 g/mol. The van der Waals surface area contributed by atoms with Crippen molar-refractivity contribution in [3.63, 3.8) is 0 Å². The van der Waals surface area contributed by atoms with Gasteiger partial charge in [-0.05, 0) is 49.4 Å². The third-order valence-corrected chi connectivity index (χ3v) is 5.71. The van der Waals surface area contributed by atoms with E-state index in [1.165, 1.54) is 0 Å². The zero-order valence-electron chi connectivity index (χ0n) is 20.1. The van der Waals surface area contributed by atoms with Gasteiger partial charge in [-0.3, -0.25) is 0 Å². The SMILES string of the molecule is CCCCC(C)(C)COC(=O)OC1CCCCC1OC(=O)OCC(C)(C)CCCC. The van der Waals surface area contributed by atoms with Crippen molar-refractivity contribution in [3.8, 4) is 0 Å². The molecule has 0 N–H and O–H groups in total. The quantitative estimate of drug-likeness (QED) is 0.311. The molecule has 2 unspecified atom stereocenters. The first-order valence-corrected chi connectivity index (χ1v) is 11.8. The second-order valence-corrected chi connectivity index (χ2v) is 10.2. The fraction of sp³-hybridized carbons (Fsp3) is 0.917. The molecular weight excluding hydrogens is 384 g/mol. The van der Waals surface area contributed by atoms with Crippen LogP contribution in [0.3, 0.4) is 0 Å². The van der Waals surface area contributed by atoms with Crippen molar-refractivity contribution in [2.75, 3.05) is 13.2 Å². The van der Waals surface area contributed by atoms with Gasteiger partial charge in [0, 0.05) is 0 Å². The highest BCUT2D eigenvalue weighted by atomic mass is 16.8. The van der Waals surface area contributed by atoms with Gasteiger partial charge in [-0.15, -0.1) is 0 Å². The summed E-state index contributed by atoms with van der Waals surface area (Å²) in [7, 11) is 0. The topological polar surface area (TPSA) is 71.1 Å². The number of carbonyl (C=O) groups is 2. The van der Waals surface area contributed by atoms with E-state index in [0.717, 1.165) is 51.4 Å². The molecule has 1 fully saturated rings. The molecular formula is C24H44O6. The molecule has 6 heteroatoms. The molecule has 176 valence electrons. The Morgan fingerprint density at radius 1 is 0.733 bits per heavy atom. The van der Waals surface area contributed by atoms with E-state index in [-0.39, 0.29) is 10.8 Å². The zero-order valence-corrected chi connectivity index (χ0v) is 20.1. The normalized spacial score (nSPS) is 19.8. The van der Waals surface area contributed by atoms with Crippen molar-refractivity contribution in [2.45, 2.75) is 118 Å². The first-order chi connectivity index (χ1) is 14.1. The van der Waals surface area contributed by atoms with Gasteiger partial charge in [-0.2, -0.15) is 0 Å². The van der Waals surface area contributed by atoms with Gasteiger partial charge in [0.05, 0.1) is 0 Å². The highest BCUT2D eigenvalue weighted by Crippen LogP contribution is 2.28. The number of unbranched alkanes of at least 4 members (excludes halogenated alkanes) is 2. The molecule has 1 rings (SSSR count). The van der Waals surface area contributed by atoms with Gasteiger partial charge in [0.15, 0.2) is 0 Å². The third kappa shape index (κ3) is 11.1. The molecule has 1 aliphatic carbocycles. The lowest BCUT2D eigenvalue weighted by Gasteiger charge is -2.31. The lowest BCUT2D eigenvalue weighted by atomic mass is 9.88. The maximum Gasteiger partial charge on any atom is 0.508 e. The van der Waals surface area contributed by atoms with E-state index in [1.54, 1.807) is 0 Å². The van der Waals surface area contributed by atoms with Crippen molar-refractivity contribution in [1.82, 2.24) is 0 Å². The van der Waals surface area contributed by atoms with Crippen LogP contribution in [-0.2, 0) is 18.9 Å². The lowest BCUT2D eigenvalue weighted by molar-refractivity contribution is -0.0787. The Kier molecular flexibility index (Phi) is 11.6. The molecule has 0 aliphatic heterocycles. The predicted octanol–water partition coefficient (Wildman–Crippen LogP) is 7.04. The number of rotatable bonds is 12. The number of hydrogen-bond donors (Lipinski definition) is 0. The van der Waals surface area contributed by atoms with Crippen molar-refractivity contribution in [2.24, 2.45) is 10.8 Å². The minimum Gasteiger partial charge on any atom is -0.434 e. The highest BCUT2D eigenvalue weighted by molar-refractivity contribution is 5.61. The zero-order chi connectivity index (χ0) is 22.6. The van der Waals surface area contributed by atoms with Gasteiger partial charge >= 0.3 is 12.3 Å². The fourth-order valence-corrected chi connectivity index (χ4v) is 3.61. The van der Waals surface area contributed by atoms with E-state index < -0.39 is 24.5 Å². The molecule has 2 atom stereocenters. The summed E-state index contributed by atoms with van der Waals surface area (Å²) in [5.74, 6) is 0. The van der Waals surface area contributed by atoms with Gasteiger partial charge in [-0.1, -0.05) is 67.2 Å². The Morgan fingerprint density at radius 2 is 1.10 bits per heavy atom. The van der Waals surface area contributed by atoms with Crippen LogP contribution in [0.2, 0.25) is 0 Å². The Balaban J connectivity index is 2.46. The van der Waals surface area contributed by atoms with Gasteiger partial charge in [0.2, 0.25) is 0 Å². The number of carbonyl (C=O) groups excluding carboxylic acids is 2. The smallest absolute Gasteiger partial charge is 0.434 e. The molecule has 0 aromatic heterocycles. The van der Waals surface area contributed by atoms with E-state index in [9.17, 15) is 9.59 Å². The Bertz CT molecular complexity index is 468. The summed E-state index contributed by atoms with van der Waals surface area (Å²) in [6.45, 7) is 13.3. The summed E-state index contributed by atoms with van der Waals surface area (Å²) < 4.78 is 21.7. The van der Waals surface area contributed by atoms with Crippen LogP contribution in [0.15, 0.2) is 0 Å². The van der Waals surface area contributed by atoms with Gasteiger partial charge in [0.25, 0.3) is 0 Å². The molecule has 1 saturated carbocycles. The highest BCUT2D eigenvalue weighted by Gasteiger charge is 2.33. The van der Waals surface area contributed by atoms with Crippen LogP contribution < -0.4 is 0 Å². The average Bonchev–Trinajstić information content (AvgIpc) is 2.69. The van der Waals surface area contributed by atoms with E-state index in [4.69, 9.17) is 18.9 Å². The van der Waals surface area contributed by atoms with Crippen LogP contribution in [-0.4, -0.2) is 37.7 Å². The molecule has 0 aromatic rings. The van der Waals surface area contributed by atoms with Crippen molar-refractivity contribution in [1.29, 1.82) is 0 Å². The molecule has 0 radical (unpaired) electrons. The largest absolute Gasteiger partial charge is 0.508 e. The summed E-state index contributed by atoms with van der Waals surface area (Å²) in [6, 6.07) is 0. The maximum absolute atomic E-state index is 12.2. The maximum atomic E-state index is 12.2. The van der Waals surface area contributed by atoms with Crippen molar-refractivity contribution >= 4 is 12.3 Å². The van der Waals surface area contributed by atoms with E-state index in [2.05, 4.69) is 41.5 Å².